The second-order valence-electron chi connectivity index (χ2n) is 2.59. The summed E-state index contributed by atoms with van der Waals surface area (Å²) in [5.74, 6) is 0.670. The second kappa shape index (κ2) is 2.93. The molecule has 1 aromatic heterocycles. The van der Waals surface area contributed by atoms with Gasteiger partial charge in [0, 0.05) is 12.2 Å². The maximum Gasteiger partial charge on any atom is 0.242 e. The first-order chi connectivity index (χ1) is 5.92. The fourth-order valence-electron chi connectivity index (χ4n) is 1.36. The molecule has 0 fully saturated rings. The molecule has 0 radical (unpaired) electrons. The van der Waals surface area contributed by atoms with E-state index in [1.165, 1.54) is 6.08 Å². The van der Waals surface area contributed by atoms with E-state index < -0.39 is 0 Å². The van der Waals surface area contributed by atoms with Crippen LogP contribution in [0.2, 0.25) is 0 Å². The summed E-state index contributed by atoms with van der Waals surface area (Å²) in [5.41, 5.74) is 1.07. The fourth-order valence-corrected chi connectivity index (χ4v) is 1.36. The maximum atomic E-state index is 10.0. The minimum atomic E-state index is 0.606. The Hall–Kier alpha value is -1.38. The van der Waals surface area contributed by atoms with Crippen molar-refractivity contribution in [3.8, 4) is 0 Å². The molecule has 2 rings (SSSR count). The van der Waals surface area contributed by atoms with Gasteiger partial charge in [-0.15, -0.1) is 4.99 Å². The van der Waals surface area contributed by atoms with Gasteiger partial charge < -0.3 is 9.30 Å². The first-order valence-corrected chi connectivity index (χ1v) is 3.76. The zero-order chi connectivity index (χ0) is 8.39. The van der Waals surface area contributed by atoms with Crippen LogP contribution in [0.5, 0.6) is 0 Å². The van der Waals surface area contributed by atoms with E-state index in [-0.39, 0.29) is 0 Å². The lowest BCUT2D eigenvalue weighted by molar-refractivity contribution is 0.0856. The van der Waals surface area contributed by atoms with Crippen LogP contribution < -0.4 is 0 Å². The third-order valence-electron chi connectivity index (χ3n) is 1.92. The monoisotopic (exact) mass is 164 g/mol. The van der Waals surface area contributed by atoms with Crippen molar-refractivity contribution in [2.75, 3.05) is 6.61 Å². The molecule has 0 unspecified atom stereocenters. The number of nitrogens with zero attached hydrogens (tertiary/aromatic N) is 2. The van der Waals surface area contributed by atoms with Crippen molar-refractivity contribution in [1.29, 1.82) is 0 Å². The third-order valence-corrected chi connectivity index (χ3v) is 1.92. The highest BCUT2D eigenvalue weighted by Gasteiger charge is 2.11. The fraction of sp³-hybridized carbons (Fsp3) is 0.375. The van der Waals surface area contributed by atoms with Gasteiger partial charge in [0.25, 0.3) is 0 Å². The van der Waals surface area contributed by atoms with Crippen LogP contribution in [0.3, 0.4) is 0 Å². The average Bonchev–Trinajstić information content (AvgIpc) is 2.50. The van der Waals surface area contributed by atoms with Crippen LogP contribution >= 0.6 is 0 Å². The van der Waals surface area contributed by atoms with E-state index >= 15 is 0 Å². The highest BCUT2D eigenvalue weighted by Crippen LogP contribution is 2.20. The molecule has 0 N–H and O–H groups in total. The van der Waals surface area contributed by atoms with Gasteiger partial charge in [0.2, 0.25) is 6.08 Å². The number of rotatable bonds is 1. The lowest BCUT2D eigenvalue weighted by Crippen LogP contribution is -2.15. The average molecular weight is 164 g/mol. The molecule has 4 heteroatoms. The number of fused-ring (bicyclic) bond motifs is 1. The molecule has 2 heterocycles. The Labute approximate surface area is 69.5 Å². The summed E-state index contributed by atoms with van der Waals surface area (Å²) in [6.45, 7) is 2.06. The largest absolute Gasteiger partial charge is 0.373 e. The minimum absolute atomic E-state index is 0.606. The van der Waals surface area contributed by atoms with E-state index in [0.717, 1.165) is 12.2 Å². The summed E-state index contributed by atoms with van der Waals surface area (Å²) in [7, 11) is 0. The number of carbonyl (C=O) groups excluding carboxylic acids is 1. The number of aromatic nitrogens is 1. The molecule has 0 atom stereocenters. The molecule has 0 bridgehead atoms. The molecule has 62 valence electrons. The van der Waals surface area contributed by atoms with Gasteiger partial charge in [0.1, 0.15) is 5.82 Å². The van der Waals surface area contributed by atoms with E-state index in [1.807, 2.05) is 10.6 Å². The molecule has 0 aliphatic carbocycles. The van der Waals surface area contributed by atoms with E-state index in [9.17, 15) is 4.79 Å². The zero-order valence-electron chi connectivity index (χ0n) is 6.49. The predicted octanol–water partition coefficient (Wildman–Crippen LogP) is 0.986. The molecule has 0 aromatic carbocycles. The van der Waals surface area contributed by atoms with Crippen molar-refractivity contribution in [1.82, 2.24) is 4.57 Å². The number of ether oxygens (including phenoxy) is 1. The molecule has 1 aliphatic heterocycles. The Bertz CT molecular complexity index is 337. The van der Waals surface area contributed by atoms with Crippen LogP contribution in [0.15, 0.2) is 17.1 Å². The van der Waals surface area contributed by atoms with Gasteiger partial charge in [-0.2, -0.15) is 0 Å². The molecular weight excluding hydrogens is 156 g/mol. The quantitative estimate of drug-likeness (QED) is 0.458. The van der Waals surface area contributed by atoms with Crippen LogP contribution in [-0.4, -0.2) is 17.3 Å². The number of hydrogen-bond acceptors (Lipinski definition) is 3. The molecule has 0 saturated carbocycles. The molecule has 1 aliphatic rings. The number of aliphatic imine (C=N–C) groups is 1. The van der Waals surface area contributed by atoms with Crippen LogP contribution in [0.25, 0.3) is 0 Å². The first kappa shape index (κ1) is 7.28. The Kier molecular flexibility index (Phi) is 1.78. The number of hydrogen-bond donors (Lipinski definition) is 0. The van der Waals surface area contributed by atoms with E-state index in [0.29, 0.717) is 19.0 Å². The third kappa shape index (κ3) is 1.07. The van der Waals surface area contributed by atoms with Gasteiger partial charge in [0.05, 0.1) is 13.2 Å². The summed E-state index contributed by atoms with van der Waals surface area (Å²) in [5, 5.41) is 0. The highest BCUT2D eigenvalue weighted by atomic mass is 16.5. The van der Waals surface area contributed by atoms with Gasteiger partial charge in [-0.05, 0) is 12.1 Å². The highest BCUT2D eigenvalue weighted by molar-refractivity contribution is 5.46. The Morgan fingerprint density at radius 2 is 2.50 bits per heavy atom. The lowest BCUT2D eigenvalue weighted by Gasteiger charge is -2.16. The molecule has 0 amide bonds. The van der Waals surface area contributed by atoms with Crippen molar-refractivity contribution >= 4 is 11.9 Å². The lowest BCUT2D eigenvalue weighted by atomic mass is 10.4. The molecular formula is C8H8N2O2. The summed E-state index contributed by atoms with van der Waals surface area (Å²) < 4.78 is 7.19. The van der Waals surface area contributed by atoms with E-state index in [2.05, 4.69) is 4.99 Å². The van der Waals surface area contributed by atoms with Crippen molar-refractivity contribution < 1.29 is 9.53 Å². The maximum absolute atomic E-state index is 10.0. The smallest absolute Gasteiger partial charge is 0.242 e. The summed E-state index contributed by atoms with van der Waals surface area (Å²) >= 11 is 0. The Balaban J connectivity index is 2.44. The Morgan fingerprint density at radius 3 is 3.33 bits per heavy atom. The standard InChI is InChI=1S/C8H8N2O2/c11-6-9-8-2-1-7-5-12-4-3-10(7)8/h1-2H,3-5H2. The van der Waals surface area contributed by atoms with Crippen molar-refractivity contribution in [2.45, 2.75) is 13.2 Å². The van der Waals surface area contributed by atoms with E-state index in [4.69, 9.17) is 4.74 Å². The van der Waals surface area contributed by atoms with Crippen molar-refractivity contribution in [3.63, 3.8) is 0 Å². The van der Waals surface area contributed by atoms with Crippen LogP contribution in [0, 0.1) is 0 Å². The molecule has 1 aromatic rings. The summed E-state index contributed by atoms with van der Waals surface area (Å²) in [6, 6.07) is 3.71. The number of isocyanates is 1. The van der Waals surface area contributed by atoms with Gasteiger partial charge in [-0.1, -0.05) is 0 Å². The van der Waals surface area contributed by atoms with Crippen molar-refractivity contribution in [2.24, 2.45) is 4.99 Å². The molecule has 4 nitrogen and oxygen atoms in total. The van der Waals surface area contributed by atoms with Gasteiger partial charge in [-0.25, -0.2) is 4.79 Å². The summed E-state index contributed by atoms with van der Waals surface area (Å²) in [6.07, 6.45) is 1.53. The topological polar surface area (TPSA) is 43.6 Å². The second-order valence-corrected chi connectivity index (χ2v) is 2.59. The van der Waals surface area contributed by atoms with Crippen LogP contribution in [-0.2, 0) is 22.7 Å². The van der Waals surface area contributed by atoms with Gasteiger partial charge in [0.15, 0.2) is 0 Å². The van der Waals surface area contributed by atoms with Crippen LogP contribution in [0.4, 0.5) is 5.82 Å². The van der Waals surface area contributed by atoms with Gasteiger partial charge >= 0.3 is 0 Å². The normalized spacial score (nSPS) is 15.0. The first-order valence-electron chi connectivity index (χ1n) is 3.76. The van der Waals surface area contributed by atoms with Crippen LogP contribution in [0.1, 0.15) is 5.69 Å². The molecule has 12 heavy (non-hydrogen) atoms. The van der Waals surface area contributed by atoms with E-state index in [1.54, 1.807) is 6.07 Å². The van der Waals surface area contributed by atoms with Gasteiger partial charge in [-0.3, -0.25) is 0 Å². The SMILES string of the molecule is O=C=Nc1ccc2n1CCOC2. The predicted molar refractivity (Wildman–Crippen MR) is 41.9 cm³/mol. The Morgan fingerprint density at radius 1 is 1.58 bits per heavy atom. The molecule has 0 saturated heterocycles. The zero-order valence-corrected chi connectivity index (χ0v) is 6.49. The minimum Gasteiger partial charge on any atom is -0.373 e. The van der Waals surface area contributed by atoms with Crippen molar-refractivity contribution in [3.05, 3.63) is 17.8 Å². The molecule has 0 spiro atoms. The summed E-state index contributed by atoms with van der Waals surface area (Å²) in [4.78, 5) is 13.6.